The van der Waals surface area contributed by atoms with Crippen LogP contribution in [0.3, 0.4) is 0 Å². The summed E-state index contributed by atoms with van der Waals surface area (Å²) in [4.78, 5) is 4.68. The Kier molecular flexibility index (Phi) is 9.95. The van der Waals surface area contributed by atoms with Crippen LogP contribution < -0.4 is 15.1 Å². The summed E-state index contributed by atoms with van der Waals surface area (Å²) >= 11 is 9.26. The fraction of sp³-hybridized carbons (Fsp3) is 0.455. The van der Waals surface area contributed by atoms with Crippen LogP contribution in [0.1, 0.15) is 26.7 Å². The molecule has 0 amide bonds. The van der Waals surface area contributed by atoms with Gasteiger partial charge in [-0.05, 0) is 64.0 Å². The normalized spacial score (nSPS) is 13.2. The van der Waals surface area contributed by atoms with E-state index in [0.29, 0.717) is 0 Å². The van der Waals surface area contributed by atoms with Gasteiger partial charge in [0.2, 0.25) is 0 Å². The van der Waals surface area contributed by atoms with E-state index < -0.39 is 0 Å². The zero-order valence-electron chi connectivity index (χ0n) is 16.5. The van der Waals surface area contributed by atoms with Gasteiger partial charge >= 0.3 is 0 Å². The molecule has 3 nitrogen and oxygen atoms in total. The van der Waals surface area contributed by atoms with Crippen molar-refractivity contribution < 1.29 is 0 Å². The van der Waals surface area contributed by atoms with E-state index in [1.54, 1.807) is 0 Å². The van der Waals surface area contributed by atoms with Crippen molar-refractivity contribution in [1.82, 2.24) is 5.32 Å². The van der Waals surface area contributed by atoms with E-state index in [1.807, 2.05) is 0 Å². The van der Waals surface area contributed by atoms with E-state index in [0.717, 1.165) is 39.0 Å². The Morgan fingerprint density at radius 2 is 1.07 bits per heavy atom. The Bertz CT molecular complexity index is 564. The van der Waals surface area contributed by atoms with E-state index in [4.69, 9.17) is 0 Å². The molecule has 2 atom stereocenters. The smallest absolute Gasteiger partial charge is 0.0693 e. The van der Waals surface area contributed by atoms with Gasteiger partial charge in [0, 0.05) is 24.5 Å². The molecule has 0 aliphatic heterocycles. The highest BCUT2D eigenvalue weighted by atomic mass is 32.1. The van der Waals surface area contributed by atoms with Gasteiger partial charge in [-0.3, -0.25) is 0 Å². The minimum Gasteiger partial charge on any atom is -0.360 e. The Labute approximate surface area is 176 Å². The summed E-state index contributed by atoms with van der Waals surface area (Å²) in [6.07, 6.45) is 2.20. The lowest BCUT2D eigenvalue weighted by molar-refractivity contribution is 0.603. The highest BCUT2D eigenvalue weighted by Crippen LogP contribution is 2.19. The predicted molar refractivity (Wildman–Crippen MR) is 127 cm³/mol. The van der Waals surface area contributed by atoms with Gasteiger partial charge in [0.1, 0.15) is 0 Å². The predicted octanol–water partition coefficient (Wildman–Crippen LogP) is 4.92. The van der Waals surface area contributed by atoms with Gasteiger partial charge in [0.05, 0.1) is 10.7 Å². The average molecular weight is 404 g/mol. The molecule has 1 N–H and O–H groups in total. The van der Waals surface area contributed by atoms with Crippen LogP contribution in [0, 0.1) is 0 Å². The lowest BCUT2D eigenvalue weighted by atomic mass is 10.2. The summed E-state index contributed by atoms with van der Waals surface area (Å²) < 4.78 is 0. The standard InChI is InChI=1S/C22H33N3S2/c1-19(26)24(21-11-5-3-6-12-21)17-9-15-23-16-10-18-25(20(2)27)22-13-7-4-8-14-22/h3-8,11-14,19-20,23,26-27H,9-10,15-18H2,1-2H3. The topological polar surface area (TPSA) is 18.5 Å². The molecule has 2 aromatic carbocycles. The quantitative estimate of drug-likeness (QED) is 0.266. The van der Waals surface area contributed by atoms with Crippen molar-refractivity contribution in [2.75, 3.05) is 36.0 Å². The maximum atomic E-state index is 4.63. The second kappa shape index (κ2) is 12.2. The lowest BCUT2D eigenvalue weighted by Gasteiger charge is -2.29. The number of rotatable bonds is 12. The molecule has 2 unspecified atom stereocenters. The van der Waals surface area contributed by atoms with Crippen LogP contribution in [-0.4, -0.2) is 36.9 Å². The summed E-state index contributed by atoms with van der Waals surface area (Å²) in [5.41, 5.74) is 2.47. The minimum absolute atomic E-state index is 0.212. The first-order valence-corrected chi connectivity index (χ1v) is 10.8. The summed E-state index contributed by atoms with van der Waals surface area (Å²) in [6, 6.07) is 21.0. The van der Waals surface area contributed by atoms with Crippen LogP contribution in [0.4, 0.5) is 11.4 Å². The molecule has 0 radical (unpaired) electrons. The maximum absolute atomic E-state index is 4.63. The lowest BCUT2D eigenvalue weighted by Crippen LogP contribution is -2.33. The molecule has 0 fully saturated rings. The molecular weight excluding hydrogens is 370 g/mol. The van der Waals surface area contributed by atoms with Crippen molar-refractivity contribution in [1.29, 1.82) is 0 Å². The number of benzene rings is 2. The number of hydrogen-bond donors (Lipinski definition) is 3. The molecule has 0 heterocycles. The van der Waals surface area contributed by atoms with Gasteiger partial charge in [0.25, 0.3) is 0 Å². The van der Waals surface area contributed by atoms with Crippen LogP contribution in [0.25, 0.3) is 0 Å². The number of anilines is 2. The summed E-state index contributed by atoms with van der Waals surface area (Å²) in [6.45, 7) is 8.30. The van der Waals surface area contributed by atoms with Crippen LogP contribution in [0.15, 0.2) is 60.7 Å². The monoisotopic (exact) mass is 403 g/mol. The third kappa shape index (κ3) is 7.68. The summed E-state index contributed by atoms with van der Waals surface area (Å²) in [5.74, 6) is 0. The largest absolute Gasteiger partial charge is 0.360 e. The Morgan fingerprint density at radius 3 is 1.41 bits per heavy atom. The first-order valence-electron chi connectivity index (χ1n) is 9.80. The van der Waals surface area contributed by atoms with Crippen molar-refractivity contribution in [3.63, 3.8) is 0 Å². The van der Waals surface area contributed by atoms with E-state index >= 15 is 0 Å². The molecular formula is C22H33N3S2. The second-order valence-corrected chi connectivity index (χ2v) is 8.27. The molecule has 148 valence electrons. The van der Waals surface area contributed by atoms with Crippen LogP contribution >= 0.6 is 25.3 Å². The minimum atomic E-state index is 0.212. The van der Waals surface area contributed by atoms with Crippen molar-refractivity contribution >= 4 is 36.6 Å². The van der Waals surface area contributed by atoms with E-state index in [2.05, 4.69) is 115 Å². The molecule has 0 saturated carbocycles. The van der Waals surface area contributed by atoms with Crippen molar-refractivity contribution in [2.24, 2.45) is 0 Å². The molecule has 0 spiro atoms. The van der Waals surface area contributed by atoms with Gasteiger partial charge in [-0.15, -0.1) is 0 Å². The average Bonchev–Trinajstić information content (AvgIpc) is 2.67. The highest BCUT2D eigenvalue weighted by Gasteiger charge is 2.11. The molecule has 2 rings (SSSR count). The zero-order chi connectivity index (χ0) is 19.5. The molecule has 0 aliphatic rings. The summed E-state index contributed by atoms with van der Waals surface area (Å²) in [7, 11) is 0. The van der Waals surface area contributed by atoms with Crippen LogP contribution in [0.2, 0.25) is 0 Å². The Morgan fingerprint density at radius 1 is 0.704 bits per heavy atom. The molecule has 0 aliphatic carbocycles. The third-order valence-corrected chi connectivity index (χ3v) is 5.14. The molecule has 2 aromatic rings. The highest BCUT2D eigenvalue weighted by molar-refractivity contribution is 7.81. The van der Waals surface area contributed by atoms with Gasteiger partial charge in [0.15, 0.2) is 0 Å². The molecule has 5 heteroatoms. The number of nitrogens with one attached hydrogen (secondary N) is 1. The van der Waals surface area contributed by atoms with Gasteiger partial charge in [-0.1, -0.05) is 36.4 Å². The van der Waals surface area contributed by atoms with Gasteiger partial charge in [-0.25, -0.2) is 0 Å². The van der Waals surface area contributed by atoms with Crippen molar-refractivity contribution in [2.45, 2.75) is 37.4 Å². The van der Waals surface area contributed by atoms with Crippen molar-refractivity contribution in [3.8, 4) is 0 Å². The van der Waals surface area contributed by atoms with Gasteiger partial charge in [-0.2, -0.15) is 25.3 Å². The fourth-order valence-electron chi connectivity index (χ4n) is 3.18. The number of nitrogens with zero attached hydrogens (tertiary/aromatic N) is 2. The molecule has 0 saturated heterocycles. The number of thiol groups is 2. The van der Waals surface area contributed by atoms with E-state index in [-0.39, 0.29) is 10.7 Å². The second-order valence-electron chi connectivity index (χ2n) is 6.78. The van der Waals surface area contributed by atoms with Crippen molar-refractivity contribution in [3.05, 3.63) is 60.7 Å². The SMILES string of the molecule is CC(S)N(CCCNCCCN(c1ccccc1)C(C)S)c1ccccc1. The maximum Gasteiger partial charge on any atom is 0.0693 e. The zero-order valence-corrected chi connectivity index (χ0v) is 18.2. The first-order chi connectivity index (χ1) is 13.1. The van der Waals surface area contributed by atoms with Gasteiger partial charge < -0.3 is 15.1 Å². The third-order valence-electron chi connectivity index (χ3n) is 4.58. The van der Waals surface area contributed by atoms with E-state index in [9.17, 15) is 0 Å². The molecule has 27 heavy (non-hydrogen) atoms. The Balaban J connectivity index is 1.66. The molecule has 0 bridgehead atoms. The fourth-order valence-corrected chi connectivity index (χ4v) is 3.67. The number of para-hydroxylation sites is 2. The van der Waals surface area contributed by atoms with Crippen LogP contribution in [-0.2, 0) is 0 Å². The van der Waals surface area contributed by atoms with E-state index in [1.165, 1.54) is 11.4 Å². The first kappa shape index (κ1) is 22.0. The molecule has 0 aromatic heterocycles. The number of hydrogen-bond acceptors (Lipinski definition) is 5. The summed E-state index contributed by atoms with van der Waals surface area (Å²) in [5, 5.41) is 4.00. The Hall–Kier alpha value is -1.30. The van der Waals surface area contributed by atoms with Crippen LogP contribution in [0.5, 0.6) is 0 Å².